The minimum absolute atomic E-state index is 0.137. The summed E-state index contributed by atoms with van der Waals surface area (Å²) >= 11 is 0. The number of hydrogen-bond donors (Lipinski definition) is 1. The molecule has 1 unspecified atom stereocenters. The van der Waals surface area contributed by atoms with Crippen LogP contribution in [-0.4, -0.2) is 69.7 Å². The Kier molecular flexibility index (Phi) is 7.28. The maximum Gasteiger partial charge on any atom is 0.215 e. The number of nitrogens with one attached hydrogen (secondary N) is 1. The number of piperidine rings is 1. The smallest absolute Gasteiger partial charge is 0.215 e. The summed E-state index contributed by atoms with van der Waals surface area (Å²) < 4.78 is 26.6. The van der Waals surface area contributed by atoms with Crippen molar-refractivity contribution in [3.05, 3.63) is 0 Å². The quantitative estimate of drug-likeness (QED) is 0.716. The zero-order valence-corrected chi connectivity index (χ0v) is 13.4. The molecule has 1 fully saturated rings. The van der Waals surface area contributed by atoms with E-state index in [2.05, 4.69) is 5.32 Å². The van der Waals surface area contributed by atoms with Crippen LogP contribution in [0.2, 0.25) is 0 Å². The standard InChI is InChI=1S/C13H29N3O2S/c1-4-9-16(11-10-15(2)3)19(17,18)12-13-7-5-6-8-14-13/h13-14H,4-12H2,1-3H3. The molecule has 1 rings (SSSR count). The molecule has 19 heavy (non-hydrogen) atoms. The SMILES string of the molecule is CCCN(CCN(C)C)S(=O)(=O)CC1CCCCN1. The van der Waals surface area contributed by atoms with Crippen LogP contribution < -0.4 is 5.32 Å². The second kappa shape index (κ2) is 8.19. The number of rotatable bonds is 8. The summed E-state index contributed by atoms with van der Waals surface area (Å²) in [6, 6.07) is 0.137. The van der Waals surface area contributed by atoms with Crippen molar-refractivity contribution in [3.8, 4) is 0 Å². The predicted octanol–water partition coefficient (Wildman–Crippen LogP) is 0.732. The van der Waals surface area contributed by atoms with Gasteiger partial charge in [0.25, 0.3) is 0 Å². The lowest BCUT2D eigenvalue weighted by atomic mass is 10.1. The molecule has 1 saturated heterocycles. The summed E-state index contributed by atoms with van der Waals surface area (Å²) in [4.78, 5) is 2.02. The second-order valence-electron chi connectivity index (χ2n) is 5.63. The van der Waals surface area contributed by atoms with Crippen molar-refractivity contribution < 1.29 is 8.42 Å². The highest BCUT2D eigenvalue weighted by Gasteiger charge is 2.26. The zero-order valence-electron chi connectivity index (χ0n) is 12.6. The third-order valence-corrected chi connectivity index (χ3v) is 5.46. The van der Waals surface area contributed by atoms with Crippen LogP contribution in [0.25, 0.3) is 0 Å². The van der Waals surface area contributed by atoms with Gasteiger partial charge in [-0.3, -0.25) is 0 Å². The average Bonchev–Trinajstić information content (AvgIpc) is 2.34. The van der Waals surface area contributed by atoms with Gasteiger partial charge in [-0.25, -0.2) is 12.7 Å². The van der Waals surface area contributed by atoms with E-state index < -0.39 is 10.0 Å². The summed E-state index contributed by atoms with van der Waals surface area (Å²) in [5, 5.41) is 3.32. The Balaban J connectivity index is 2.57. The fourth-order valence-corrected chi connectivity index (χ4v) is 4.20. The molecule has 0 spiro atoms. The number of sulfonamides is 1. The third-order valence-electron chi connectivity index (χ3n) is 3.49. The van der Waals surface area contributed by atoms with Crippen molar-refractivity contribution in [1.82, 2.24) is 14.5 Å². The highest BCUT2D eigenvalue weighted by Crippen LogP contribution is 2.12. The van der Waals surface area contributed by atoms with E-state index >= 15 is 0 Å². The molecule has 0 aromatic heterocycles. The monoisotopic (exact) mass is 291 g/mol. The van der Waals surface area contributed by atoms with Gasteiger partial charge < -0.3 is 10.2 Å². The molecule has 1 heterocycles. The van der Waals surface area contributed by atoms with Crippen molar-refractivity contribution in [2.45, 2.75) is 38.6 Å². The number of nitrogens with zero attached hydrogens (tertiary/aromatic N) is 2. The highest BCUT2D eigenvalue weighted by atomic mass is 32.2. The Morgan fingerprint density at radius 3 is 2.42 bits per heavy atom. The van der Waals surface area contributed by atoms with Crippen molar-refractivity contribution in [3.63, 3.8) is 0 Å². The molecule has 0 saturated carbocycles. The summed E-state index contributed by atoms with van der Waals surface area (Å²) in [5.74, 6) is 0.250. The van der Waals surface area contributed by atoms with Gasteiger partial charge in [0, 0.05) is 25.7 Å². The van der Waals surface area contributed by atoms with Gasteiger partial charge in [0.2, 0.25) is 10.0 Å². The first-order chi connectivity index (χ1) is 8.95. The molecule has 5 nitrogen and oxygen atoms in total. The first-order valence-corrected chi connectivity index (χ1v) is 8.92. The Labute approximate surface area is 118 Å². The van der Waals surface area contributed by atoms with E-state index in [4.69, 9.17) is 0 Å². The molecule has 0 bridgehead atoms. The van der Waals surface area contributed by atoms with Crippen LogP contribution in [0.1, 0.15) is 32.6 Å². The molecule has 0 radical (unpaired) electrons. The lowest BCUT2D eigenvalue weighted by Gasteiger charge is -2.28. The van der Waals surface area contributed by atoms with Crippen molar-refractivity contribution in [2.75, 3.05) is 46.0 Å². The molecular formula is C13H29N3O2S. The first-order valence-electron chi connectivity index (χ1n) is 7.31. The van der Waals surface area contributed by atoms with E-state index in [0.29, 0.717) is 13.1 Å². The molecule has 0 aromatic rings. The minimum Gasteiger partial charge on any atom is -0.313 e. The van der Waals surface area contributed by atoms with E-state index in [0.717, 1.165) is 38.8 Å². The summed E-state index contributed by atoms with van der Waals surface area (Å²) in [6.07, 6.45) is 4.14. The summed E-state index contributed by atoms with van der Waals surface area (Å²) in [5.41, 5.74) is 0. The fraction of sp³-hybridized carbons (Fsp3) is 1.00. The predicted molar refractivity (Wildman–Crippen MR) is 79.8 cm³/mol. The topological polar surface area (TPSA) is 52.7 Å². The maximum atomic E-state index is 12.5. The molecule has 114 valence electrons. The normalized spacial score (nSPS) is 21.2. The van der Waals surface area contributed by atoms with Gasteiger partial charge in [-0.05, 0) is 39.9 Å². The first kappa shape index (κ1) is 16.9. The second-order valence-corrected chi connectivity index (χ2v) is 7.64. The summed E-state index contributed by atoms with van der Waals surface area (Å²) in [6.45, 7) is 4.97. The highest BCUT2D eigenvalue weighted by molar-refractivity contribution is 7.89. The average molecular weight is 291 g/mol. The molecule has 0 amide bonds. The van der Waals surface area contributed by atoms with Crippen LogP contribution in [0.15, 0.2) is 0 Å². The molecule has 6 heteroatoms. The largest absolute Gasteiger partial charge is 0.313 e. The van der Waals surface area contributed by atoms with Gasteiger partial charge in [-0.2, -0.15) is 0 Å². The minimum atomic E-state index is -3.14. The van der Waals surface area contributed by atoms with Crippen molar-refractivity contribution >= 4 is 10.0 Å². The molecular weight excluding hydrogens is 262 g/mol. The van der Waals surface area contributed by atoms with Crippen molar-refractivity contribution in [1.29, 1.82) is 0 Å². The lowest BCUT2D eigenvalue weighted by molar-refractivity contribution is 0.329. The molecule has 0 aliphatic carbocycles. The summed E-state index contributed by atoms with van der Waals surface area (Å²) in [7, 11) is 0.808. The van der Waals surface area contributed by atoms with Gasteiger partial charge >= 0.3 is 0 Å². The Hall–Kier alpha value is -0.170. The van der Waals surface area contributed by atoms with Crippen molar-refractivity contribution in [2.24, 2.45) is 0 Å². The Morgan fingerprint density at radius 1 is 1.16 bits per heavy atom. The molecule has 1 aliphatic heterocycles. The Morgan fingerprint density at radius 2 is 1.89 bits per heavy atom. The van der Waals surface area contributed by atoms with Crippen LogP contribution in [0.4, 0.5) is 0 Å². The van der Waals surface area contributed by atoms with Gasteiger partial charge in [0.1, 0.15) is 0 Å². The number of hydrogen-bond acceptors (Lipinski definition) is 4. The van der Waals surface area contributed by atoms with Gasteiger partial charge in [0.15, 0.2) is 0 Å². The van der Waals surface area contributed by atoms with Crippen LogP contribution in [-0.2, 0) is 10.0 Å². The van der Waals surface area contributed by atoms with E-state index in [1.54, 1.807) is 4.31 Å². The third kappa shape index (κ3) is 6.21. The van der Waals surface area contributed by atoms with E-state index in [-0.39, 0.29) is 11.8 Å². The fourth-order valence-electron chi connectivity index (χ4n) is 2.38. The number of likely N-dealkylation sites (N-methyl/N-ethyl adjacent to an activating group) is 1. The van der Waals surface area contributed by atoms with Gasteiger partial charge in [-0.15, -0.1) is 0 Å². The lowest BCUT2D eigenvalue weighted by Crippen LogP contribution is -2.45. The van der Waals surface area contributed by atoms with E-state index in [1.807, 2.05) is 25.9 Å². The molecule has 1 N–H and O–H groups in total. The Bertz CT molecular complexity index is 338. The van der Waals surface area contributed by atoms with Crippen LogP contribution in [0.3, 0.4) is 0 Å². The molecule has 1 aliphatic rings. The van der Waals surface area contributed by atoms with Gasteiger partial charge in [0.05, 0.1) is 5.75 Å². The van der Waals surface area contributed by atoms with E-state index in [1.165, 1.54) is 0 Å². The van der Waals surface area contributed by atoms with Crippen LogP contribution >= 0.6 is 0 Å². The maximum absolute atomic E-state index is 12.5. The van der Waals surface area contributed by atoms with Gasteiger partial charge in [-0.1, -0.05) is 13.3 Å². The van der Waals surface area contributed by atoms with Crippen LogP contribution in [0.5, 0.6) is 0 Å². The molecule has 0 aromatic carbocycles. The molecule has 1 atom stereocenters. The zero-order chi connectivity index (χ0) is 14.3. The van der Waals surface area contributed by atoms with Crippen LogP contribution in [0, 0.1) is 0 Å². The van der Waals surface area contributed by atoms with E-state index in [9.17, 15) is 8.42 Å².